The Labute approximate surface area is 214 Å². The summed E-state index contributed by atoms with van der Waals surface area (Å²) < 4.78 is 16.2. The van der Waals surface area contributed by atoms with Crippen LogP contribution in [0, 0.1) is 0 Å². The summed E-state index contributed by atoms with van der Waals surface area (Å²) in [5, 5.41) is 8.20. The van der Waals surface area contributed by atoms with Crippen LogP contribution < -0.4 is 0 Å². The average molecular weight is 505 g/mol. The Morgan fingerprint density at radius 3 is 2.00 bits per heavy atom. The average Bonchev–Trinajstić information content (AvgIpc) is 2.87. The number of carbonyl (C=O) groups excluding carboxylic acids is 1. The number of methoxy groups -OCH3 is 1. The van der Waals surface area contributed by atoms with E-state index >= 15 is 0 Å². The minimum Gasteiger partial charge on any atom is -0.400 e. The molecule has 0 unspecified atom stereocenters. The lowest BCUT2D eigenvalue weighted by Gasteiger charge is -2.19. The standard InChI is InChI=1S/C23H22ClNO2.C2H6FN.C2H6.CH4O/c1-25(15-17-6-4-3-5-7-17)23(26)19-10-13-22(20(14-19)16-27-2)18-8-11-21(24)12-9-18;1-4(2)3;2*1-2/h3-14H,15-16H2,1-2H3;1-2H3;1-2H3;2H,1H3. The first-order valence-corrected chi connectivity index (χ1v) is 11.6. The van der Waals surface area contributed by atoms with Crippen molar-refractivity contribution in [2.75, 3.05) is 35.4 Å². The zero-order valence-corrected chi connectivity index (χ0v) is 22.5. The number of nitrogens with zero attached hydrogens (tertiary/aromatic N) is 2. The summed E-state index contributed by atoms with van der Waals surface area (Å²) in [5.41, 5.74) is 4.80. The molecule has 0 spiro atoms. The fourth-order valence-corrected chi connectivity index (χ4v) is 3.19. The van der Waals surface area contributed by atoms with E-state index in [1.54, 1.807) is 12.0 Å². The van der Waals surface area contributed by atoms with E-state index in [1.807, 2.05) is 93.7 Å². The molecule has 1 amide bonds. The van der Waals surface area contributed by atoms with Gasteiger partial charge in [0, 0.05) is 52.5 Å². The molecule has 0 aliphatic rings. The van der Waals surface area contributed by atoms with Crippen LogP contribution in [0.4, 0.5) is 4.48 Å². The van der Waals surface area contributed by atoms with Gasteiger partial charge in [-0.1, -0.05) is 74.0 Å². The van der Waals surface area contributed by atoms with E-state index in [2.05, 4.69) is 0 Å². The van der Waals surface area contributed by atoms with Crippen molar-refractivity contribution < 1.29 is 19.1 Å². The van der Waals surface area contributed by atoms with Gasteiger partial charge in [0.2, 0.25) is 0 Å². The molecule has 0 heterocycles. The number of amides is 1. The number of hydrogen-bond acceptors (Lipinski definition) is 4. The molecule has 3 aromatic carbocycles. The van der Waals surface area contributed by atoms with Gasteiger partial charge in [0.15, 0.2) is 0 Å². The topological polar surface area (TPSA) is 53.0 Å². The molecule has 0 aromatic heterocycles. The van der Waals surface area contributed by atoms with Crippen molar-refractivity contribution in [2.45, 2.75) is 27.0 Å². The summed E-state index contributed by atoms with van der Waals surface area (Å²) in [6.45, 7) is 5.00. The molecule has 0 saturated carbocycles. The zero-order chi connectivity index (χ0) is 26.8. The highest BCUT2D eigenvalue weighted by Crippen LogP contribution is 2.27. The van der Waals surface area contributed by atoms with Crippen molar-refractivity contribution in [1.82, 2.24) is 10.0 Å². The van der Waals surface area contributed by atoms with Crippen molar-refractivity contribution in [3.8, 4) is 11.1 Å². The summed E-state index contributed by atoms with van der Waals surface area (Å²) in [5.74, 6) is -0.0149. The van der Waals surface area contributed by atoms with Gasteiger partial charge in [-0.05, 0) is 46.5 Å². The van der Waals surface area contributed by atoms with Crippen molar-refractivity contribution in [3.63, 3.8) is 0 Å². The summed E-state index contributed by atoms with van der Waals surface area (Å²) >= 11 is 5.99. The van der Waals surface area contributed by atoms with Gasteiger partial charge >= 0.3 is 0 Å². The highest BCUT2D eigenvalue weighted by molar-refractivity contribution is 6.30. The van der Waals surface area contributed by atoms with Crippen molar-refractivity contribution >= 4 is 17.5 Å². The quantitative estimate of drug-likeness (QED) is 0.390. The Kier molecular flexibility index (Phi) is 17.1. The molecule has 1 N–H and O–H groups in total. The maximum Gasteiger partial charge on any atom is 0.253 e. The highest BCUT2D eigenvalue weighted by atomic mass is 35.5. The van der Waals surface area contributed by atoms with Gasteiger partial charge in [0.25, 0.3) is 5.91 Å². The minimum atomic E-state index is -0.0149. The Hall–Kier alpha value is -2.77. The van der Waals surface area contributed by atoms with Crippen LogP contribution in [-0.2, 0) is 17.9 Å². The Morgan fingerprint density at radius 1 is 0.943 bits per heavy atom. The van der Waals surface area contributed by atoms with Gasteiger partial charge in [0.05, 0.1) is 6.61 Å². The summed E-state index contributed by atoms with van der Waals surface area (Å²) in [4.78, 5) is 14.6. The highest BCUT2D eigenvalue weighted by Gasteiger charge is 2.15. The van der Waals surface area contributed by atoms with Crippen LogP contribution in [0.5, 0.6) is 0 Å². The number of aliphatic hydroxyl groups excluding tert-OH is 1. The lowest BCUT2D eigenvalue weighted by molar-refractivity contribution is 0.0784. The van der Waals surface area contributed by atoms with E-state index in [-0.39, 0.29) is 5.91 Å². The van der Waals surface area contributed by atoms with Gasteiger partial charge in [-0.3, -0.25) is 4.79 Å². The van der Waals surface area contributed by atoms with E-state index in [1.165, 1.54) is 14.1 Å². The number of rotatable bonds is 6. The molecule has 0 radical (unpaired) electrons. The first kappa shape index (κ1) is 32.2. The molecule has 0 atom stereocenters. The summed E-state index contributed by atoms with van der Waals surface area (Å²) in [6.07, 6.45) is 0. The summed E-state index contributed by atoms with van der Waals surface area (Å²) in [6, 6.07) is 23.4. The predicted molar refractivity (Wildman–Crippen MR) is 144 cm³/mol. The number of benzene rings is 3. The SMILES string of the molecule is CC.CN(C)F.CO.COCc1cc(C(=O)N(C)Cc2ccccc2)ccc1-c1ccc(Cl)cc1. The molecule has 3 rings (SSSR count). The van der Waals surface area contributed by atoms with Gasteiger partial charge in [-0.25, -0.2) is 0 Å². The molecule has 0 bridgehead atoms. The van der Waals surface area contributed by atoms with Gasteiger partial charge in [-0.15, -0.1) is 4.48 Å². The lowest BCUT2D eigenvalue weighted by atomic mass is 9.97. The lowest BCUT2D eigenvalue weighted by Crippen LogP contribution is -2.26. The predicted octanol–water partition coefficient (Wildman–Crippen LogP) is 6.49. The second kappa shape index (κ2) is 18.5. The fourth-order valence-electron chi connectivity index (χ4n) is 3.06. The second-order valence-corrected chi connectivity index (χ2v) is 7.68. The molecule has 0 saturated heterocycles. The Morgan fingerprint density at radius 2 is 1.49 bits per heavy atom. The maximum absolute atomic E-state index is 12.9. The molecule has 0 fully saturated rings. The number of aliphatic hydroxyl groups is 1. The molecular weight excluding hydrogens is 467 g/mol. The van der Waals surface area contributed by atoms with E-state index in [0.717, 1.165) is 29.4 Å². The van der Waals surface area contributed by atoms with E-state index < -0.39 is 0 Å². The Balaban J connectivity index is 0.00000129. The number of hydrogen-bond donors (Lipinski definition) is 1. The third kappa shape index (κ3) is 12.0. The molecular formula is C28H38ClFN2O3. The smallest absolute Gasteiger partial charge is 0.253 e. The van der Waals surface area contributed by atoms with E-state index in [9.17, 15) is 9.28 Å². The van der Waals surface area contributed by atoms with Crippen molar-refractivity contribution in [2.24, 2.45) is 0 Å². The molecule has 0 aliphatic heterocycles. The molecule has 192 valence electrons. The molecule has 0 aliphatic carbocycles. The van der Waals surface area contributed by atoms with Crippen LogP contribution in [0.2, 0.25) is 5.02 Å². The Bertz CT molecular complexity index is 965. The molecule has 35 heavy (non-hydrogen) atoms. The third-order valence-electron chi connectivity index (χ3n) is 4.42. The normalized spacial score (nSPS) is 9.57. The minimum absolute atomic E-state index is 0.0149. The first-order valence-electron chi connectivity index (χ1n) is 11.3. The first-order chi connectivity index (χ1) is 16.8. The van der Waals surface area contributed by atoms with Crippen LogP contribution in [0.25, 0.3) is 11.1 Å². The van der Waals surface area contributed by atoms with Crippen molar-refractivity contribution in [3.05, 3.63) is 94.5 Å². The van der Waals surface area contributed by atoms with Gasteiger partial charge < -0.3 is 14.7 Å². The van der Waals surface area contributed by atoms with Crippen LogP contribution >= 0.6 is 11.6 Å². The molecule has 3 aromatic rings. The largest absolute Gasteiger partial charge is 0.400 e. The molecule has 7 heteroatoms. The van der Waals surface area contributed by atoms with Crippen LogP contribution in [-0.4, -0.2) is 56.4 Å². The number of ether oxygens (including phenoxy) is 1. The fraction of sp³-hybridized carbons (Fsp3) is 0.321. The van der Waals surface area contributed by atoms with E-state index in [4.69, 9.17) is 21.4 Å². The van der Waals surface area contributed by atoms with Crippen LogP contribution in [0.3, 0.4) is 0 Å². The van der Waals surface area contributed by atoms with Crippen molar-refractivity contribution in [1.29, 1.82) is 0 Å². The van der Waals surface area contributed by atoms with Crippen LogP contribution in [0.1, 0.15) is 35.3 Å². The number of carbonyl (C=O) groups is 1. The van der Waals surface area contributed by atoms with Crippen LogP contribution in [0.15, 0.2) is 72.8 Å². The second-order valence-electron chi connectivity index (χ2n) is 7.24. The molecule has 5 nitrogen and oxygen atoms in total. The van der Waals surface area contributed by atoms with Gasteiger partial charge in [0.1, 0.15) is 0 Å². The zero-order valence-electron chi connectivity index (χ0n) is 21.8. The van der Waals surface area contributed by atoms with Gasteiger partial charge in [-0.2, -0.15) is 5.12 Å². The maximum atomic E-state index is 12.9. The van der Waals surface area contributed by atoms with E-state index in [0.29, 0.717) is 28.9 Å². The summed E-state index contributed by atoms with van der Waals surface area (Å²) in [7, 11) is 7.14. The number of halogens is 2. The third-order valence-corrected chi connectivity index (χ3v) is 4.67. The monoisotopic (exact) mass is 504 g/mol.